The summed E-state index contributed by atoms with van der Waals surface area (Å²) in [6, 6.07) is 3.33. The minimum Gasteiger partial charge on any atom is -0.380 e. The molecule has 1 aliphatic heterocycles. The number of piperidine rings is 1. The van der Waals surface area contributed by atoms with Crippen LogP contribution in [0.3, 0.4) is 0 Å². The number of likely N-dealkylation sites (tertiary alicyclic amines) is 1. The minimum atomic E-state index is -4.29. The second-order valence-corrected chi connectivity index (χ2v) is 10.5. The highest BCUT2D eigenvalue weighted by Crippen LogP contribution is 2.28. The van der Waals surface area contributed by atoms with Gasteiger partial charge in [0.25, 0.3) is 0 Å². The van der Waals surface area contributed by atoms with Crippen molar-refractivity contribution in [1.29, 1.82) is 0 Å². The maximum atomic E-state index is 12.6. The normalized spacial score (nSPS) is 20.1. The van der Waals surface area contributed by atoms with E-state index in [0.29, 0.717) is 19.4 Å². The maximum absolute atomic E-state index is 12.6. The quantitative estimate of drug-likeness (QED) is 0.793. The van der Waals surface area contributed by atoms with Gasteiger partial charge >= 0.3 is 6.18 Å². The van der Waals surface area contributed by atoms with Gasteiger partial charge in [-0.3, -0.25) is 4.90 Å². The Labute approximate surface area is 151 Å². The van der Waals surface area contributed by atoms with Gasteiger partial charge in [-0.15, -0.1) is 0 Å². The van der Waals surface area contributed by atoms with E-state index in [4.69, 9.17) is 0 Å². The summed E-state index contributed by atoms with van der Waals surface area (Å²) >= 11 is 0. The average molecular weight is 414 g/mol. The molecule has 1 N–H and O–H groups in total. The fraction of sp³-hybridized carbons (Fsp3) is 0.600. The number of sulfone groups is 2. The molecule has 0 saturated carbocycles. The van der Waals surface area contributed by atoms with Gasteiger partial charge in [0.2, 0.25) is 0 Å². The Bertz CT molecular complexity index is 867. The molecule has 0 aliphatic carbocycles. The van der Waals surface area contributed by atoms with E-state index in [-0.39, 0.29) is 28.1 Å². The van der Waals surface area contributed by atoms with E-state index in [1.807, 2.05) is 0 Å². The van der Waals surface area contributed by atoms with Crippen LogP contribution >= 0.6 is 0 Å². The summed E-state index contributed by atoms with van der Waals surface area (Å²) in [5, 5.41) is 2.97. The van der Waals surface area contributed by atoms with Crippen molar-refractivity contribution in [3.8, 4) is 0 Å². The second-order valence-electron chi connectivity index (χ2n) is 6.54. The van der Waals surface area contributed by atoms with E-state index in [1.165, 1.54) is 17.0 Å². The number of hydrogen-bond acceptors (Lipinski definition) is 6. The molecule has 1 aromatic carbocycles. The Balaban J connectivity index is 2.26. The molecule has 1 fully saturated rings. The molecule has 0 amide bonds. The standard InChI is InChI=1S/C15H21F3N2O4S2/c1-25(21,22)12-5-6-13(14(8-12)26(2,23)24)19-11-4-3-7-20(9-11)10-15(16,17)18/h5-6,8,11,19H,3-4,7,9-10H2,1-2H3. The number of alkyl halides is 3. The third-order valence-electron chi connectivity index (χ3n) is 4.05. The van der Waals surface area contributed by atoms with E-state index in [2.05, 4.69) is 5.32 Å². The maximum Gasteiger partial charge on any atom is 0.401 e. The third kappa shape index (κ3) is 5.85. The van der Waals surface area contributed by atoms with Crippen LogP contribution in [-0.4, -0.2) is 66.1 Å². The summed E-state index contributed by atoms with van der Waals surface area (Å²) in [6.45, 7) is -0.572. The van der Waals surface area contributed by atoms with Crippen molar-refractivity contribution in [2.24, 2.45) is 0 Å². The molecule has 6 nitrogen and oxygen atoms in total. The summed E-state index contributed by atoms with van der Waals surface area (Å²) in [5.41, 5.74) is 0.193. The zero-order valence-electron chi connectivity index (χ0n) is 14.4. The third-order valence-corrected chi connectivity index (χ3v) is 6.30. The van der Waals surface area contributed by atoms with E-state index >= 15 is 0 Å². The zero-order chi connectivity index (χ0) is 19.8. The largest absolute Gasteiger partial charge is 0.401 e. The van der Waals surface area contributed by atoms with Gasteiger partial charge in [0.15, 0.2) is 19.7 Å². The molecule has 0 aromatic heterocycles. The SMILES string of the molecule is CS(=O)(=O)c1ccc(NC2CCCN(CC(F)(F)F)C2)c(S(C)(=O)=O)c1. The van der Waals surface area contributed by atoms with Gasteiger partial charge < -0.3 is 5.32 Å². The minimum absolute atomic E-state index is 0.122. The molecule has 148 valence electrons. The van der Waals surface area contributed by atoms with E-state index in [1.54, 1.807) is 0 Å². The molecule has 1 aliphatic rings. The number of nitrogens with zero attached hydrogens (tertiary/aromatic N) is 1. The molecule has 0 bridgehead atoms. The van der Waals surface area contributed by atoms with E-state index in [0.717, 1.165) is 18.6 Å². The molecule has 2 rings (SSSR count). The molecule has 0 spiro atoms. The highest BCUT2D eigenvalue weighted by molar-refractivity contribution is 7.91. The summed E-state index contributed by atoms with van der Waals surface area (Å²) in [7, 11) is -7.32. The lowest BCUT2D eigenvalue weighted by Gasteiger charge is -2.34. The van der Waals surface area contributed by atoms with Gasteiger partial charge in [-0.2, -0.15) is 13.2 Å². The van der Waals surface area contributed by atoms with Crippen molar-refractivity contribution in [1.82, 2.24) is 4.90 Å². The second kappa shape index (κ2) is 7.35. The molecular weight excluding hydrogens is 393 g/mol. The van der Waals surface area contributed by atoms with Crippen molar-refractivity contribution in [3.63, 3.8) is 0 Å². The predicted molar refractivity (Wildman–Crippen MR) is 91.8 cm³/mol. The average Bonchev–Trinajstić information content (AvgIpc) is 2.43. The summed E-state index contributed by atoms with van der Waals surface area (Å²) in [5.74, 6) is 0. The number of halogens is 3. The topological polar surface area (TPSA) is 83.6 Å². The first-order valence-electron chi connectivity index (χ1n) is 7.85. The van der Waals surface area contributed by atoms with Crippen LogP contribution in [0.1, 0.15) is 12.8 Å². The van der Waals surface area contributed by atoms with Crippen LogP contribution < -0.4 is 5.32 Å². The molecule has 1 unspecified atom stereocenters. The van der Waals surface area contributed by atoms with Gasteiger partial charge in [0.05, 0.1) is 22.0 Å². The zero-order valence-corrected chi connectivity index (χ0v) is 16.0. The van der Waals surface area contributed by atoms with Crippen LogP contribution in [0.25, 0.3) is 0 Å². The Morgan fingerprint density at radius 3 is 2.35 bits per heavy atom. The Morgan fingerprint density at radius 1 is 1.15 bits per heavy atom. The van der Waals surface area contributed by atoms with Gasteiger partial charge in [-0.25, -0.2) is 16.8 Å². The van der Waals surface area contributed by atoms with Crippen molar-refractivity contribution < 1.29 is 30.0 Å². The first kappa shape index (κ1) is 21.0. The van der Waals surface area contributed by atoms with Crippen LogP contribution in [-0.2, 0) is 19.7 Å². The van der Waals surface area contributed by atoms with Gasteiger partial charge in [-0.1, -0.05) is 0 Å². The van der Waals surface area contributed by atoms with Crippen LogP contribution in [0.2, 0.25) is 0 Å². The highest BCUT2D eigenvalue weighted by Gasteiger charge is 2.33. The Morgan fingerprint density at radius 2 is 1.81 bits per heavy atom. The van der Waals surface area contributed by atoms with Crippen LogP contribution in [0.15, 0.2) is 28.0 Å². The van der Waals surface area contributed by atoms with Crippen molar-refractivity contribution >= 4 is 25.4 Å². The van der Waals surface area contributed by atoms with E-state index in [9.17, 15) is 30.0 Å². The van der Waals surface area contributed by atoms with Gasteiger partial charge in [-0.05, 0) is 37.6 Å². The first-order chi connectivity index (χ1) is 11.8. The fourth-order valence-corrected chi connectivity index (χ4v) is 4.54. The number of nitrogens with one attached hydrogen (secondary N) is 1. The predicted octanol–water partition coefficient (Wildman–Crippen LogP) is 1.93. The molecular formula is C15H21F3N2O4S2. The van der Waals surface area contributed by atoms with Crippen molar-refractivity contribution in [2.75, 3.05) is 37.5 Å². The van der Waals surface area contributed by atoms with Crippen LogP contribution in [0.4, 0.5) is 18.9 Å². The fourth-order valence-electron chi connectivity index (χ4n) is 2.95. The molecule has 1 saturated heterocycles. The monoisotopic (exact) mass is 414 g/mol. The lowest BCUT2D eigenvalue weighted by molar-refractivity contribution is -0.147. The Kier molecular flexibility index (Phi) is 5.93. The smallest absolute Gasteiger partial charge is 0.380 e. The first-order valence-corrected chi connectivity index (χ1v) is 11.6. The number of hydrogen-bond donors (Lipinski definition) is 1. The van der Waals surface area contributed by atoms with Crippen LogP contribution in [0.5, 0.6) is 0 Å². The number of rotatable bonds is 5. The molecule has 1 heterocycles. The molecule has 1 aromatic rings. The summed E-state index contributed by atoms with van der Waals surface area (Å²) in [6.07, 6.45) is -1.24. The summed E-state index contributed by atoms with van der Waals surface area (Å²) < 4.78 is 85.1. The summed E-state index contributed by atoms with van der Waals surface area (Å²) in [4.78, 5) is 0.950. The molecule has 26 heavy (non-hydrogen) atoms. The van der Waals surface area contributed by atoms with Crippen molar-refractivity contribution in [2.45, 2.75) is 34.9 Å². The molecule has 1 atom stereocenters. The van der Waals surface area contributed by atoms with Gasteiger partial charge in [0, 0.05) is 25.1 Å². The Hall–Kier alpha value is -1.33. The number of benzene rings is 1. The molecule has 11 heteroatoms. The van der Waals surface area contributed by atoms with E-state index < -0.39 is 32.4 Å². The lowest BCUT2D eigenvalue weighted by Crippen LogP contribution is -2.45. The number of anilines is 1. The lowest BCUT2D eigenvalue weighted by atomic mass is 10.1. The van der Waals surface area contributed by atoms with Crippen LogP contribution in [0, 0.1) is 0 Å². The van der Waals surface area contributed by atoms with Gasteiger partial charge in [0.1, 0.15) is 0 Å². The highest BCUT2D eigenvalue weighted by atomic mass is 32.2. The van der Waals surface area contributed by atoms with Crippen molar-refractivity contribution in [3.05, 3.63) is 18.2 Å². The molecule has 0 radical (unpaired) electrons.